The van der Waals surface area contributed by atoms with Gasteiger partial charge in [-0.05, 0) is 32.3 Å². The predicted octanol–water partition coefficient (Wildman–Crippen LogP) is 3.10. The number of nitro benzene ring substituents is 1. The molecule has 0 fully saturated rings. The second-order valence-corrected chi connectivity index (χ2v) is 5.28. The summed E-state index contributed by atoms with van der Waals surface area (Å²) in [6, 6.07) is 5.06. The Morgan fingerprint density at radius 2 is 2.00 bits per heavy atom. The van der Waals surface area contributed by atoms with Crippen LogP contribution in [0.3, 0.4) is 0 Å². The molecule has 20 heavy (non-hydrogen) atoms. The van der Waals surface area contributed by atoms with Gasteiger partial charge in [-0.25, -0.2) is 0 Å². The molecular weight excluding hydrogens is 256 g/mol. The van der Waals surface area contributed by atoms with Crippen molar-refractivity contribution < 1.29 is 10.0 Å². The van der Waals surface area contributed by atoms with E-state index in [-0.39, 0.29) is 16.7 Å². The van der Waals surface area contributed by atoms with Gasteiger partial charge in [-0.15, -0.1) is 0 Å². The van der Waals surface area contributed by atoms with Crippen LogP contribution in [0.5, 0.6) is 0 Å². The summed E-state index contributed by atoms with van der Waals surface area (Å²) in [6.07, 6.45) is 1.36. The fourth-order valence-corrected chi connectivity index (χ4v) is 2.26. The molecule has 1 aromatic carbocycles. The van der Waals surface area contributed by atoms with Crippen LogP contribution in [0, 0.1) is 17.0 Å². The van der Waals surface area contributed by atoms with Gasteiger partial charge in [0.25, 0.3) is 5.69 Å². The third-order valence-electron chi connectivity index (χ3n) is 4.06. The summed E-state index contributed by atoms with van der Waals surface area (Å²) in [5.41, 5.74) is 0.989. The minimum absolute atomic E-state index is 0.0421. The molecule has 5 nitrogen and oxygen atoms in total. The number of benzene rings is 1. The first kappa shape index (κ1) is 16.6. The molecule has 0 aliphatic carbocycles. The number of nitrogens with zero attached hydrogens (tertiary/aromatic N) is 1. The molecule has 0 heterocycles. The maximum atomic E-state index is 11.0. The van der Waals surface area contributed by atoms with Crippen LogP contribution in [-0.2, 0) is 0 Å². The topological polar surface area (TPSA) is 75.4 Å². The molecule has 1 rings (SSSR count). The first-order valence-electron chi connectivity index (χ1n) is 7.04. The van der Waals surface area contributed by atoms with Gasteiger partial charge in [-0.2, -0.15) is 0 Å². The van der Waals surface area contributed by atoms with E-state index in [1.807, 2.05) is 26.8 Å². The number of nitro groups is 1. The highest BCUT2D eigenvalue weighted by atomic mass is 16.6. The van der Waals surface area contributed by atoms with Crippen LogP contribution in [0.15, 0.2) is 18.2 Å². The second-order valence-electron chi connectivity index (χ2n) is 5.28. The Labute approximate surface area is 120 Å². The van der Waals surface area contributed by atoms with Crippen LogP contribution < -0.4 is 5.32 Å². The van der Waals surface area contributed by atoms with E-state index in [0.717, 1.165) is 5.56 Å². The highest BCUT2D eigenvalue weighted by Crippen LogP contribution is 2.26. The van der Waals surface area contributed by atoms with Crippen LogP contribution >= 0.6 is 0 Å². The molecule has 2 N–H and O–H groups in total. The van der Waals surface area contributed by atoms with Gasteiger partial charge in [0.2, 0.25) is 0 Å². The first-order chi connectivity index (χ1) is 9.34. The second kappa shape index (κ2) is 6.81. The predicted molar refractivity (Wildman–Crippen MR) is 79.8 cm³/mol. The molecule has 0 radical (unpaired) electrons. The third-order valence-corrected chi connectivity index (χ3v) is 4.06. The minimum atomic E-state index is -0.719. The Balaban J connectivity index is 2.86. The Bertz CT molecular complexity index is 470. The summed E-state index contributed by atoms with van der Waals surface area (Å²) in [7, 11) is 0. The highest BCUT2D eigenvalue weighted by molar-refractivity contribution is 5.45. The van der Waals surface area contributed by atoms with Crippen LogP contribution in [-0.4, -0.2) is 22.2 Å². The van der Waals surface area contributed by atoms with E-state index in [4.69, 9.17) is 0 Å². The molecule has 0 amide bonds. The van der Waals surface area contributed by atoms with E-state index in [2.05, 4.69) is 5.32 Å². The van der Waals surface area contributed by atoms with Crippen molar-refractivity contribution in [1.82, 2.24) is 5.32 Å². The van der Waals surface area contributed by atoms with Crippen molar-refractivity contribution in [2.75, 3.05) is 6.54 Å². The normalized spacial score (nSPS) is 13.2. The number of nitrogens with one attached hydrogen (secondary N) is 1. The van der Waals surface area contributed by atoms with E-state index in [1.165, 1.54) is 6.07 Å². The van der Waals surface area contributed by atoms with Gasteiger partial charge in [-0.3, -0.25) is 10.1 Å². The minimum Gasteiger partial charge on any atom is -0.389 e. The molecule has 5 heteroatoms. The van der Waals surface area contributed by atoms with Gasteiger partial charge in [0, 0.05) is 24.2 Å². The standard InChI is InChI=1S/C15H24N2O3/c1-5-15(18,6-2)10-16-12(4)13-8-7-9-14(11(13)3)17(19)20/h7-9,12,16,18H,5-6,10H2,1-4H3. The zero-order chi connectivity index (χ0) is 15.3. The number of rotatable bonds is 7. The van der Waals surface area contributed by atoms with E-state index >= 15 is 0 Å². The lowest BCUT2D eigenvalue weighted by Crippen LogP contribution is -2.40. The monoisotopic (exact) mass is 280 g/mol. The summed E-state index contributed by atoms with van der Waals surface area (Å²) in [6.45, 7) is 8.10. The molecular formula is C15H24N2O3. The average molecular weight is 280 g/mol. The van der Waals surface area contributed by atoms with Gasteiger partial charge in [0.05, 0.1) is 10.5 Å². The number of hydrogen-bond acceptors (Lipinski definition) is 4. The Kier molecular flexibility index (Phi) is 5.65. The zero-order valence-corrected chi connectivity index (χ0v) is 12.6. The average Bonchev–Trinajstić information content (AvgIpc) is 2.44. The summed E-state index contributed by atoms with van der Waals surface area (Å²) >= 11 is 0. The molecule has 1 unspecified atom stereocenters. The van der Waals surface area contributed by atoms with Gasteiger partial charge < -0.3 is 10.4 Å². The lowest BCUT2D eigenvalue weighted by molar-refractivity contribution is -0.385. The van der Waals surface area contributed by atoms with E-state index in [0.29, 0.717) is 24.9 Å². The molecule has 0 spiro atoms. The van der Waals surface area contributed by atoms with Gasteiger partial charge in [0.1, 0.15) is 0 Å². The molecule has 0 aliphatic rings. The Morgan fingerprint density at radius 1 is 1.40 bits per heavy atom. The van der Waals surface area contributed by atoms with Gasteiger partial charge in [0.15, 0.2) is 0 Å². The maximum absolute atomic E-state index is 11.0. The van der Waals surface area contributed by atoms with Gasteiger partial charge in [-0.1, -0.05) is 26.0 Å². The quantitative estimate of drug-likeness (QED) is 0.594. The Morgan fingerprint density at radius 3 is 2.50 bits per heavy atom. The van der Waals surface area contributed by atoms with E-state index in [9.17, 15) is 15.2 Å². The Hall–Kier alpha value is -1.46. The molecule has 1 atom stereocenters. The number of aliphatic hydroxyl groups is 1. The zero-order valence-electron chi connectivity index (χ0n) is 12.6. The molecule has 0 aliphatic heterocycles. The van der Waals surface area contributed by atoms with Crippen molar-refractivity contribution >= 4 is 5.69 Å². The van der Waals surface area contributed by atoms with Crippen molar-refractivity contribution in [3.8, 4) is 0 Å². The van der Waals surface area contributed by atoms with Crippen molar-refractivity contribution in [3.63, 3.8) is 0 Å². The van der Waals surface area contributed by atoms with Crippen LogP contribution in [0.25, 0.3) is 0 Å². The molecule has 0 saturated heterocycles. The van der Waals surface area contributed by atoms with Crippen LogP contribution in [0.2, 0.25) is 0 Å². The van der Waals surface area contributed by atoms with Crippen molar-refractivity contribution in [2.24, 2.45) is 0 Å². The summed E-state index contributed by atoms with van der Waals surface area (Å²) in [5, 5.41) is 24.5. The summed E-state index contributed by atoms with van der Waals surface area (Å²) in [4.78, 5) is 10.6. The van der Waals surface area contributed by atoms with E-state index < -0.39 is 5.60 Å². The third kappa shape index (κ3) is 3.77. The van der Waals surface area contributed by atoms with Crippen molar-refractivity contribution in [2.45, 2.75) is 52.2 Å². The van der Waals surface area contributed by atoms with Gasteiger partial charge >= 0.3 is 0 Å². The first-order valence-corrected chi connectivity index (χ1v) is 7.04. The van der Waals surface area contributed by atoms with Crippen molar-refractivity contribution in [1.29, 1.82) is 0 Å². The summed E-state index contributed by atoms with van der Waals surface area (Å²) in [5.74, 6) is 0. The lowest BCUT2D eigenvalue weighted by atomic mass is 9.95. The molecule has 0 aromatic heterocycles. The molecule has 0 bridgehead atoms. The highest BCUT2D eigenvalue weighted by Gasteiger charge is 2.24. The molecule has 112 valence electrons. The summed E-state index contributed by atoms with van der Waals surface area (Å²) < 4.78 is 0. The largest absolute Gasteiger partial charge is 0.389 e. The van der Waals surface area contributed by atoms with Crippen molar-refractivity contribution in [3.05, 3.63) is 39.4 Å². The fourth-order valence-electron chi connectivity index (χ4n) is 2.26. The molecule has 0 saturated carbocycles. The van der Waals surface area contributed by atoms with Crippen LogP contribution in [0.4, 0.5) is 5.69 Å². The molecule has 1 aromatic rings. The SMILES string of the molecule is CCC(O)(CC)CNC(C)c1cccc([N+](=O)[O-])c1C. The number of hydrogen-bond donors (Lipinski definition) is 2. The smallest absolute Gasteiger partial charge is 0.272 e. The lowest BCUT2D eigenvalue weighted by Gasteiger charge is -2.28. The van der Waals surface area contributed by atoms with Crippen LogP contribution in [0.1, 0.15) is 50.8 Å². The maximum Gasteiger partial charge on any atom is 0.272 e. The van der Waals surface area contributed by atoms with E-state index in [1.54, 1.807) is 13.0 Å². The fraction of sp³-hybridized carbons (Fsp3) is 0.600.